The van der Waals surface area contributed by atoms with E-state index >= 15 is 0 Å². The molecule has 188 valence electrons. The first-order valence-electron chi connectivity index (χ1n) is 13.5. The van der Waals surface area contributed by atoms with Crippen LogP contribution in [0.3, 0.4) is 0 Å². The van der Waals surface area contributed by atoms with E-state index in [0.29, 0.717) is 0 Å². The second kappa shape index (κ2) is 9.37. The lowest BCUT2D eigenvalue weighted by Crippen LogP contribution is -1.82. The quantitative estimate of drug-likeness (QED) is 0.221. The zero-order valence-corrected chi connectivity index (χ0v) is 22.5. The SMILES string of the molecule is c1ccc(-c2ccc3c(c2)oc2cc(-c4sc(-c5ccccc5-c5ccccc5)c5ccccc45)ccc23)cc1. The molecule has 2 heterocycles. The van der Waals surface area contributed by atoms with Crippen LogP contribution in [-0.2, 0) is 0 Å². The number of rotatable bonds is 4. The summed E-state index contributed by atoms with van der Waals surface area (Å²) in [5.41, 5.74) is 9.12. The molecule has 0 N–H and O–H groups in total. The molecule has 0 saturated heterocycles. The van der Waals surface area contributed by atoms with E-state index in [4.69, 9.17) is 4.42 Å². The van der Waals surface area contributed by atoms with Crippen LogP contribution in [0.2, 0.25) is 0 Å². The minimum atomic E-state index is 0.918. The molecule has 0 spiro atoms. The molecule has 0 fully saturated rings. The van der Waals surface area contributed by atoms with Gasteiger partial charge in [-0.1, -0.05) is 121 Å². The first kappa shape index (κ1) is 23.0. The average Bonchev–Trinajstić information content (AvgIpc) is 3.60. The highest BCUT2D eigenvalue weighted by Gasteiger charge is 2.18. The third kappa shape index (κ3) is 3.77. The van der Waals surface area contributed by atoms with Crippen molar-refractivity contribution in [1.29, 1.82) is 0 Å². The lowest BCUT2D eigenvalue weighted by molar-refractivity contribution is 0.669. The maximum absolute atomic E-state index is 6.46. The fourth-order valence-corrected chi connectivity index (χ4v) is 7.10. The summed E-state index contributed by atoms with van der Waals surface area (Å²) < 4.78 is 6.46. The summed E-state index contributed by atoms with van der Waals surface area (Å²) in [4.78, 5) is 2.56. The van der Waals surface area contributed by atoms with Crippen molar-refractivity contribution in [3.63, 3.8) is 0 Å². The maximum Gasteiger partial charge on any atom is 0.136 e. The summed E-state index contributed by atoms with van der Waals surface area (Å²) in [6, 6.07) is 51.8. The Kier molecular flexibility index (Phi) is 5.39. The van der Waals surface area contributed by atoms with Gasteiger partial charge < -0.3 is 4.42 Å². The molecule has 0 saturated carbocycles. The molecule has 40 heavy (non-hydrogen) atoms. The van der Waals surface area contributed by atoms with Crippen molar-refractivity contribution in [1.82, 2.24) is 0 Å². The van der Waals surface area contributed by atoms with E-state index in [1.807, 2.05) is 17.4 Å². The Hall–Kier alpha value is -4.92. The zero-order valence-electron chi connectivity index (χ0n) is 21.7. The molecule has 0 radical (unpaired) electrons. The van der Waals surface area contributed by atoms with Crippen molar-refractivity contribution >= 4 is 44.0 Å². The van der Waals surface area contributed by atoms with E-state index in [1.165, 1.54) is 53.9 Å². The van der Waals surface area contributed by atoms with Gasteiger partial charge in [-0.25, -0.2) is 0 Å². The van der Waals surface area contributed by atoms with Gasteiger partial charge in [0.1, 0.15) is 11.2 Å². The zero-order chi connectivity index (χ0) is 26.5. The number of fused-ring (bicyclic) bond motifs is 4. The lowest BCUT2D eigenvalue weighted by Gasteiger charge is -2.09. The van der Waals surface area contributed by atoms with Crippen LogP contribution in [0.15, 0.2) is 150 Å². The van der Waals surface area contributed by atoms with E-state index in [0.717, 1.165) is 21.9 Å². The molecule has 0 aliphatic rings. The Morgan fingerprint density at radius 2 is 0.875 bits per heavy atom. The van der Waals surface area contributed by atoms with Gasteiger partial charge in [-0.05, 0) is 52.1 Å². The van der Waals surface area contributed by atoms with Crippen molar-refractivity contribution in [2.24, 2.45) is 0 Å². The Morgan fingerprint density at radius 3 is 1.57 bits per heavy atom. The molecule has 2 heteroatoms. The predicted molar refractivity (Wildman–Crippen MR) is 171 cm³/mol. The Balaban J connectivity index is 1.29. The third-order valence-electron chi connectivity index (χ3n) is 7.72. The molecule has 8 rings (SSSR count). The number of benzene rings is 6. The van der Waals surface area contributed by atoms with Gasteiger partial charge in [0, 0.05) is 36.9 Å². The Morgan fingerprint density at radius 1 is 0.350 bits per heavy atom. The number of hydrogen-bond donors (Lipinski definition) is 0. The predicted octanol–water partition coefficient (Wildman–Crippen LogP) is 11.5. The van der Waals surface area contributed by atoms with Crippen molar-refractivity contribution in [2.45, 2.75) is 0 Å². The van der Waals surface area contributed by atoms with Crippen LogP contribution < -0.4 is 0 Å². The van der Waals surface area contributed by atoms with Crippen molar-refractivity contribution in [2.75, 3.05) is 0 Å². The van der Waals surface area contributed by atoms with E-state index in [1.54, 1.807) is 0 Å². The molecule has 0 aliphatic carbocycles. The van der Waals surface area contributed by atoms with Crippen molar-refractivity contribution in [3.05, 3.63) is 146 Å². The second-order valence-electron chi connectivity index (χ2n) is 10.1. The minimum Gasteiger partial charge on any atom is -0.456 e. The largest absolute Gasteiger partial charge is 0.456 e. The van der Waals surface area contributed by atoms with Gasteiger partial charge in [0.2, 0.25) is 0 Å². The molecular formula is C38H24OS. The molecule has 8 aromatic rings. The van der Waals surface area contributed by atoms with Gasteiger partial charge in [0.25, 0.3) is 0 Å². The summed E-state index contributed by atoms with van der Waals surface area (Å²) in [5.74, 6) is 0. The summed E-state index contributed by atoms with van der Waals surface area (Å²) in [6.07, 6.45) is 0. The topological polar surface area (TPSA) is 13.1 Å². The van der Waals surface area contributed by atoms with Gasteiger partial charge in [0.15, 0.2) is 0 Å². The van der Waals surface area contributed by atoms with Crippen LogP contribution >= 0.6 is 11.3 Å². The van der Waals surface area contributed by atoms with Gasteiger partial charge in [-0.3, -0.25) is 0 Å². The highest BCUT2D eigenvalue weighted by atomic mass is 32.1. The van der Waals surface area contributed by atoms with Gasteiger partial charge in [-0.2, -0.15) is 0 Å². The number of furan rings is 1. The fraction of sp³-hybridized carbons (Fsp3) is 0. The van der Waals surface area contributed by atoms with Crippen molar-refractivity contribution in [3.8, 4) is 43.1 Å². The van der Waals surface area contributed by atoms with Crippen LogP contribution in [-0.4, -0.2) is 0 Å². The Labute approximate surface area is 236 Å². The lowest BCUT2D eigenvalue weighted by atomic mass is 9.96. The monoisotopic (exact) mass is 528 g/mol. The highest BCUT2D eigenvalue weighted by molar-refractivity contribution is 7.21. The summed E-state index contributed by atoms with van der Waals surface area (Å²) >= 11 is 1.86. The third-order valence-corrected chi connectivity index (χ3v) is 9.02. The first-order valence-corrected chi connectivity index (χ1v) is 14.3. The second-order valence-corrected chi connectivity index (χ2v) is 11.1. The molecule has 1 nitrogen and oxygen atoms in total. The average molecular weight is 529 g/mol. The van der Waals surface area contributed by atoms with Crippen LogP contribution in [0.5, 0.6) is 0 Å². The van der Waals surface area contributed by atoms with E-state index in [2.05, 4.69) is 140 Å². The molecule has 0 atom stereocenters. The molecule has 0 bridgehead atoms. The number of thiophene rings is 1. The molecule has 6 aromatic carbocycles. The summed E-state index contributed by atoms with van der Waals surface area (Å²) in [6.45, 7) is 0. The van der Waals surface area contributed by atoms with Crippen LogP contribution in [0.25, 0.3) is 75.8 Å². The van der Waals surface area contributed by atoms with E-state index in [9.17, 15) is 0 Å². The normalized spacial score (nSPS) is 11.5. The van der Waals surface area contributed by atoms with Crippen LogP contribution in [0.4, 0.5) is 0 Å². The maximum atomic E-state index is 6.46. The summed E-state index contributed by atoms with van der Waals surface area (Å²) in [5, 5.41) is 4.85. The first-order chi connectivity index (χ1) is 19.8. The van der Waals surface area contributed by atoms with Gasteiger partial charge in [-0.15, -0.1) is 11.3 Å². The van der Waals surface area contributed by atoms with Crippen LogP contribution in [0.1, 0.15) is 0 Å². The number of hydrogen-bond acceptors (Lipinski definition) is 2. The molecular weight excluding hydrogens is 504 g/mol. The van der Waals surface area contributed by atoms with Crippen LogP contribution in [0, 0.1) is 0 Å². The van der Waals surface area contributed by atoms with E-state index in [-0.39, 0.29) is 0 Å². The molecule has 0 unspecified atom stereocenters. The fourth-order valence-electron chi connectivity index (χ4n) is 5.78. The van der Waals surface area contributed by atoms with E-state index < -0.39 is 0 Å². The molecule has 0 aliphatic heterocycles. The standard InChI is InChI=1S/C38H24OS/c1-3-11-25(12-4-1)27-19-21-30-31-22-20-28(24-36(31)39-35(30)23-27)37-33-17-9-10-18-34(33)38(40-37)32-16-8-7-15-29(32)26-13-5-2-6-14-26/h1-24H. The molecule has 0 amide bonds. The summed E-state index contributed by atoms with van der Waals surface area (Å²) in [7, 11) is 0. The highest BCUT2D eigenvalue weighted by Crippen LogP contribution is 2.47. The Bertz CT molecular complexity index is 2150. The molecule has 2 aromatic heterocycles. The smallest absolute Gasteiger partial charge is 0.136 e. The minimum absolute atomic E-state index is 0.918. The van der Waals surface area contributed by atoms with Gasteiger partial charge >= 0.3 is 0 Å². The van der Waals surface area contributed by atoms with Crippen molar-refractivity contribution < 1.29 is 4.42 Å². The van der Waals surface area contributed by atoms with Gasteiger partial charge in [0.05, 0.1) is 0 Å².